The Morgan fingerprint density at radius 2 is 2.00 bits per heavy atom. The molecule has 0 radical (unpaired) electrons. The predicted octanol–water partition coefficient (Wildman–Crippen LogP) is 2.82. The van der Waals surface area contributed by atoms with Crippen LogP contribution in [0.2, 0.25) is 0 Å². The number of aryl methyl sites for hydroxylation is 2. The lowest BCUT2D eigenvalue weighted by atomic mass is 10.1. The molecule has 0 aliphatic carbocycles. The van der Waals surface area contributed by atoms with Crippen LogP contribution in [0.3, 0.4) is 0 Å². The summed E-state index contributed by atoms with van der Waals surface area (Å²) in [6.45, 7) is 1.91. The summed E-state index contributed by atoms with van der Waals surface area (Å²) in [7, 11) is 3.38. The molecule has 0 saturated carbocycles. The number of fused-ring (bicyclic) bond motifs is 3. The molecule has 1 aromatic carbocycles. The van der Waals surface area contributed by atoms with Crippen molar-refractivity contribution in [1.29, 1.82) is 0 Å². The molecule has 0 unspecified atom stereocenters. The number of aromatic nitrogens is 2. The van der Waals surface area contributed by atoms with E-state index in [1.165, 1.54) is 7.11 Å². The van der Waals surface area contributed by atoms with Crippen molar-refractivity contribution >= 4 is 27.8 Å². The van der Waals surface area contributed by atoms with Crippen molar-refractivity contribution in [2.75, 3.05) is 7.11 Å². The SMILES string of the molecule is COC(=O)c1cc2c3ccccc3n(C)c2c(C)n1. The third kappa shape index (κ3) is 1.60. The molecule has 96 valence electrons. The fraction of sp³-hybridized carbons (Fsp3) is 0.200. The van der Waals surface area contributed by atoms with E-state index in [1.807, 2.05) is 26.1 Å². The number of carbonyl (C=O) groups is 1. The zero-order chi connectivity index (χ0) is 13.6. The van der Waals surface area contributed by atoms with Crippen LogP contribution < -0.4 is 0 Å². The summed E-state index contributed by atoms with van der Waals surface area (Å²) in [6, 6.07) is 9.92. The first kappa shape index (κ1) is 11.7. The van der Waals surface area contributed by atoms with E-state index in [9.17, 15) is 4.79 Å². The molecular formula is C15H14N2O2. The molecule has 3 aromatic rings. The average Bonchev–Trinajstić information content (AvgIpc) is 2.72. The van der Waals surface area contributed by atoms with E-state index >= 15 is 0 Å². The van der Waals surface area contributed by atoms with E-state index in [1.54, 1.807) is 6.07 Å². The maximum absolute atomic E-state index is 11.7. The number of nitrogens with zero attached hydrogens (tertiary/aromatic N) is 2. The van der Waals surface area contributed by atoms with Crippen molar-refractivity contribution in [2.24, 2.45) is 7.05 Å². The predicted molar refractivity (Wildman–Crippen MR) is 74.3 cm³/mol. The van der Waals surface area contributed by atoms with Crippen LogP contribution in [0.4, 0.5) is 0 Å². The highest BCUT2D eigenvalue weighted by atomic mass is 16.5. The van der Waals surface area contributed by atoms with Gasteiger partial charge in [0.25, 0.3) is 0 Å². The second kappa shape index (κ2) is 4.09. The number of esters is 1. The molecule has 0 amide bonds. The second-order valence-electron chi connectivity index (χ2n) is 4.56. The van der Waals surface area contributed by atoms with Gasteiger partial charge in [0.15, 0.2) is 0 Å². The molecule has 0 aliphatic heterocycles. The van der Waals surface area contributed by atoms with Crippen molar-refractivity contribution in [3.05, 3.63) is 41.7 Å². The van der Waals surface area contributed by atoms with Crippen LogP contribution >= 0.6 is 0 Å². The van der Waals surface area contributed by atoms with E-state index in [2.05, 4.69) is 21.7 Å². The van der Waals surface area contributed by atoms with Crippen LogP contribution in [0.1, 0.15) is 16.2 Å². The maximum atomic E-state index is 11.7. The molecule has 0 atom stereocenters. The summed E-state index contributed by atoms with van der Waals surface area (Å²) in [4.78, 5) is 16.0. The van der Waals surface area contributed by atoms with Crippen LogP contribution in [-0.4, -0.2) is 22.6 Å². The first-order valence-corrected chi connectivity index (χ1v) is 6.06. The molecule has 19 heavy (non-hydrogen) atoms. The number of hydrogen-bond donors (Lipinski definition) is 0. The van der Waals surface area contributed by atoms with Gasteiger partial charge in [0, 0.05) is 23.3 Å². The van der Waals surface area contributed by atoms with Gasteiger partial charge in [-0.25, -0.2) is 9.78 Å². The van der Waals surface area contributed by atoms with Crippen molar-refractivity contribution in [3.63, 3.8) is 0 Å². The molecule has 2 heterocycles. The number of hydrogen-bond acceptors (Lipinski definition) is 3. The number of pyridine rings is 1. The molecule has 3 rings (SSSR count). The Hall–Kier alpha value is -2.36. The van der Waals surface area contributed by atoms with Gasteiger partial charge in [-0.05, 0) is 19.1 Å². The van der Waals surface area contributed by atoms with Crippen molar-refractivity contribution < 1.29 is 9.53 Å². The number of rotatable bonds is 1. The fourth-order valence-corrected chi connectivity index (χ4v) is 2.62. The normalized spacial score (nSPS) is 11.1. The zero-order valence-corrected chi connectivity index (χ0v) is 11.1. The summed E-state index contributed by atoms with van der Waals surface area (Å²) in [5.74, 6) is -0.405. The zero-order valence-electron chi connectivity index (χ0n) is 11.1. The third-order valence-electron chi connectivity index (χ3n) is 3.45. The average molecular weight is 254 g/mol. The van der Waals surface area contributed by atoms with Gasteiger partial charge in [0.05, 0.1) is 18.3 Å². The summed E-state index contributed by atoms with van der Waals surface area (Å²) in [5, 5.41) is 2.15. The summed E-state index contributed by atoms with van der Waals surface area (Å²) in [6.07, 6.45) is 0. The lowest BCUT2D eigenvalue weighted by Gasteiger charge is -2.04. The van der Waals surface area contributed by atoms with Crippen molar-refractivity contribution in [1.82, 2.24) is 9.55 Å². The fourth-order valence-electron chi connectivity index (χ4n) is 2.62. The second-order valence-corrected chi connectivity index (χ2v) is 4.56. The van der Waals surface area contributed by atoms with Crippen LogP contribution in [0, 0.1) is 6.92 Å². The van der Waals surface area contributed by atoms with Crippen molar-refractivity contribution in [3.8, 4) is 0 Å². The monoisotopic (exact) mass is 254 g/mol. The lowest BCUT2D eigenvalue weighted by Crippen LogP contribution is -2.05. The molecule has 0 fully saturated rings. The van der Waals surface area contributed by atoms with Gasteiger partial charge in [-0.15, -0.1) is 0 Å². The topological polar surface area (TPSA) is 44.1 Å². The Kier molecular flexibility index (Phi) is 2.52. The molecule has 0 saturated heterocycles. The molecular weight excluding hydrogens is 240 g/mol. The van der Waals surface area contributed by atoms with Gasteiger partial charge in [-0.1, -0.05) is 18.2 Å². The lowest BCUT2D eigenvalue weighted by molar-refractivity contribution is 0.0594. The Labute approximate surface area is 110 Å². The number of carbonyl (C=O) groups excluding carboxylic acids is 1. The minimum atomic E-state index is -0.405. The van der Waals surface area contributed by atoms with E-state index in [0.717, 1.165) is 27.5 Å². The smallest absolute Gasteiger partial charge is 0.356 e. The first-order valence-electron chi connectivity index (χ1n) is 6.06. The molecule has 0 N–H and O–H groups in total. The van der Waals surface area contributed by atoms with Gasteiger partial charge in [-0.3, -0.25) is 0 Å². The molecule has 4 heteroatoms. The highest BCUT2D eigenvalue weighted by molar-refractivity contribution is 6.10. The van der Waals surface area contributed by atoms with Crippen molar-refractivity contribution in [2.45, 2.75) is 6.92 Å². The summed E-state index contributed by atoms with van der Waals surface area (Å²) >= 11 is 0. The molecule has 0 aliphatic rings. The summed E-state index contributed by atoms with van der Waals surface area (Å²) in [5.41, 5.74) is 3.36. The van der Waals surface area contributed by atoms with Crippen LogP contribution in [0.15, 0.2) is 30.3 Å². The van der Waals surface area contributed by atoms with Crippen LogP contribution in [0.5, 0.6) is 0 Å². The largest absolute Gasteiger partial charge is 0.464 e. The van der Waals surface area contributed by atoms with Gasteiger partial charge >= 0.3 is 5.97 Å². The highest BCUT2D eigenvalue weighted by Gasteiger charge is 2.15. The highest BCUT2D eigenvalue weighted by Crippen LogP contribution is 2.29. The number of benzene rings is 1. The van der Waals surface area contributed by atoms with Gasteiger partial charge < -0.3 is 9.30 Å². The quantitative estimate of drug-likeness (QED) is 0.627. The third-order valence-corrected chi connectivity index (χ3v) is 3.45. The number of para-hydroxylation sites is 1. The Bertz CT molecular complexity index is 803. The van der Waals surface area contributed by atoms with E-state index in [0.29, 0.717) is 5.69 Å². The number of methoxy groups -OCH3 is 1. The van der Waals surface area contributed by atoms with Gasteiger partial charge in [0.2, 0.25) is 0 Å². The van der Waals surface area contributed by atoms with Gasteiger partial charge in [-0.2, -0.15) is 0 Å². The Morgan fingerprint density at radius 1 is 1.26 bits per heavy atom. The standard InChI is InChI=1S/C15H14N2O2/c1-9-14-11(8-12(16-9)15(18)19-3)10-6-4-5-7-13(10)17(14)2/h4-8H,1-3H3. The maximum Gasteiger partial charge on any atom is 0.356 e. The Morgan fingerprint density at radius 3 is 2.74 bits per heavy atom. The van der Waals surface area contributed by atoms with E-state index in [-0.39, 0.29) is 0 Å². The minimum absolute atomic E-state index is 0.351. The molecule has 0 spiro atoms. The molecule has 4 nitrogen and oxygen atoms in total. The molecule has 0 bridgehead atoms. The van der Waals surface area contributed by atoms with E-state index < -0.39 is 5.97 Å². The summed E-state index contributed by atoms with van der Waals surface area (Å²) < 4.78 is 6.86. The minimum Gasteiger partial charge on any atom is -0.464 e. The Balaban J connectivity index is 2.47. The van der Waals surface area contributed by atoms with E-state index in [4.69, 9.17) is 4.74 Å². The number of ether oxygens (including phenoxy) is 1. The van der Waals surface area contributed by atoms with Crippen LogP contribution in [0.25, 0.3) is 21.8 Å². The first-order chi connectivity index (χ1) is 9.13. The molecule has 2 aromatic heterocycles. The van der Waals surface area contributed by atoms with Gasteiger partial charge in [0.1, 0.15) is 5.69 Å². The van der Waals surface area contributed by atoms with Crippen LogP contribution in [-0.2, 0) is 11.8 Å².